The highest BCUT2D eigenvalue weighted by atomic mass is 32.2. The Morgan fingerprint density at radius 1 is 1.02 bits per heavy atom. The molecular weight excluding hydrogens is 649 g/mol. The average Bonchev–Trinajstić information content (AvgIpc) is 3.39. The third kappa shape index (κ3) is 10.3. The average molecular weight is 685 g/mol. The van der Waals surface area contributed by atoms with Gasteiger partial charge in [-0.1, -0.05) is 29.8 Å². The van der Waals surface area contributed by atoms with E-state index in [0.717, 1.165) is 33.5 Å². The highest BCUT2D eigenvalue weighted by molar-refractivity contribution is 7.90. The molecule has 0 atom stereocenters. The molecular formula is C29H35F3N6O8S. The molecule has 0 unspecified atom stereocenters. The van der Waals surface area contributed by atoms with Gasteiger partial charge in [0.15, 0.2) is 12.2 Å². The molecule has 1 aromatic heterocycles. The molecule has 3 rings (SSSR count). The van der Waals surface area contributed by atoms with Crippen molar-refractivity contribution >= 4 is 22.1 Å². The number of carbonyl (C=O) groups excluding carboxylic acids is 2. The Balaban J connectivity index is 1.75. The maximum Gasteiger partial charge on any atom is 0.511 e. The maximum atomic E-state index is 13.5. The summed E-state index contributed by atoms with van der Waals surface area (Å²) in [5.74, 6) is -1.12. The zero-order chi connectivity index (χ0) is 35.4. The first-order valence-electron chi connectivity index (χ1n) is 13.9. The third-order valence-electron chi connectivity index (χ3n) is 6.01. The van der Waals surface area contributed by atoms with Crippen LogP contribution in [0.25, 0.3) is 16.9 Å². The van der Waals surface area contributed by atoms with E-state index in [-0.39, 0.29) is 21.2 Å². The molecule has 0 aliphatic carbocycles. The number of carbonyl (C=O) groups is 2. The number of nitrogens with zero attached hydrogens (tertiary/aromatic N) is 5. The molecule has 1 amide bonds. The van der Waals surface area contributed by atoms with Gasteiger partial charge in [-0.05, 0) is 78.8 Å². The number of nitrogens with one attached hydrogen (secondary N) is 1. The summed E-state index contributed by atoms with van der Waals surface area (Å²) in [6.07, 6.45) is -5.80. The van der Waals surface area contributed by atoms with Crippen molar-refractivity contribution in [3.8, 4) is 16.9 Å². The van der Waals surface area contributed by atoms with Crippen molar-refractivity contribution in [2.45, 2.75) is 70.7 Å². The fourth-order valence-electron chi connectivity index (χ4n) is 3.82. The van der Waals surface area contributed by atoms with Crippen molar-refractivity contribution in [1.29, 1.82) is 0 Å². The van der Waals surface area contributed by atoms with Gasteiger partial charge in [0.1, 0.15) is 5.60 Å². The fraction of sp³-hybridized carbons (Fsp3) is 0.414. The molecule has 0 saturated heterocycles. The maximum absolute atomic E-state index is 13.5. The van der Waals surface area contributed by atoms with Gasteiger partial charge >= 0.3 is 12.3 Å². The van der Waals surface area contributed by atoms with Crippen LogP contribution in [-0.2, 0) is 35.3 Å². The first-order valence-corrected chi connectivity index (χ1v) is 15.4. The molecule has 0 radical (unpaired) electrons. The summed E-state index contributed by atoms with van der Waals surface area (Å²) < 4.78 is 79.0. The SMILES string of the molecule is Cc1ccc(-c2cc(C(F)(F)F)nn2-c2ccc(S(=O)(=O)NC(=O)CN([N+]([O-])=NOCOC(=O)OC(C)(C)C)C(C)(C)C)cc2)cc1. The summed E-state index contributed by atoms with van der Waals surface area (Å²) in [7, 11) is -4.50. The van der Waals surface area contributed by atoms with Crippen LogP contribution in [-0.4, -0.2) is 64.7 Å². The van der Waals surface area contributed by atoms with Gasteiger partial charge in [0, 0.05) is 5.56 Å². The van der Waals surface area contributed by atoms with Crippen molar-refractivity contribution in [2.24, 2.45) is 5.28 Å². The van der Waals surface area contributed by atoms with Crippen LogP contribution in [0.15, 0.2) is 64.8 Å². The monoisotopic (exact) mass is 684 g/mol. The molecule has 0 aliphatic heterocycles. The molecule has 14 nitrogen and oxygen atoms in total. The molecule has 47 heavy (non-hydrogen) atoms. The quantitative estimate of drug-likeness (QED) is 0.0720. The summed E-state index contributed by atoms with van der Waals surface area (Å²) >= 11 is 0. The van der Waals surface area contributed by atoms with Gasteiger partial charge in [0.2, 0.25) is 5.28 Å². The van der Waals surface area contributed by atoms with Gasteiger partial charge in [0.25, 0.3) is 22.7 Å². The van der Waals surface area contributed by atoms with E-state index in [1.165, 1.54) is 32.9 Å². The molecule has 0 aliphatic rings. The molecule has 256 valence electrons. The standard InChI is InChI=1S/C29H35F3N6O8S/c1-19-8-10-20(11-9-19)23-16-24(29(30,31)32)33-37(23)21-12-14-22(15-13-21)47(42,43)34-25(39)17-36(27(2,3)4)38(41)35-45-18-44-26(40)46-28(5,6)7/h8-16H,17-18H2,1-7H3,(H,34,39). The van der Waals surface area contributed by atoms with Crippen molar-refractivity contribution in [1.82, 2.24) is 19.5 Å². The van der Waals surface area contributed by atoms with E-state index in [9.17, 15) is 36.4 Å². The van der Waals surface area contributed by atoms with Crippen LogP contribution in [0.5, 0.6) is 0 Å². The van der Waals surface area contributed by atoms with Gasteiger partial charge in [-0.25, -0.2) is 22.6 Å². The lowest BCUT2D eigenvalue weighted by Crippen LogP contribution is -2.51. The fourth-order valence-corrected chi connectivity index (χ4v) is 4.79. The first kappa shape index (κ1) is 36.6. The molecule has 2 aromatic carbocycles. The Kier molecular flexibility index (Phi) is 10.8. The molecule has 18 heteroatoms. The summed E-state index contributed by atoms with van der Waals surface area (Å²) in [5, 5.41) is 20.3. The Hall–Kier alpha value is -4.87. The number of hydrogen-bond donors (Lipinski definition) is 1. The third-order valence-corrected chi connectivity index (χ3v) is 7.40. The van der Waals surface area contributed by atoms with E-state index in [4.69, 9.17) is 4.74 Å². The van der Waals surface area contributed by atoms with Crippen LogP contribution >= 0.6 is 0 Å². The number of hydrogen-bond acceptors (Lipinski definition) is 10. The van der Waals surface area contributed by atoms with Gasteiger partial charge in [-0.15, -0.1) is 5.01 Å². The van der Waals surface area contributed by atoms with E-state index in [1.807, 2.05) is 11.6 Å². The lowest BCUT2D eigenvalue weighted by Gasteiger charge is -2.29. The van der Waals surface area contributed by atoms with Gasteiger partial charge in [0.05, 0.1) is 26.8 Å². The lowest BCUT2D eigenvalue weighted by molar-refractivity contribution is -0.723. The summed E-state index contributed by atoms with van der Waals surface area (Å²) in [6, 6.07) is 12.3. The van der Waals surface area contributed by atoms with Crippen molar-refractivity contribution in [3.63, 3.8) is 0 Å². The zero-order valence-corrected chi connectivity index (χ0v) is 27.5. The predicted molar refractivity (Wildman–Crippen MR) is 160 cm³/mol. The summed E-state index contributed by atoms with van der Waals surface area (Å²) in [5.41, 5.74) is -1.45. The first-order chi connectivity index (χ1) is 21.6. The molecule has 0 fully saturated rings. The van der Waals surface area contributed by atoms with Crippen molar-refractivity contribution in [2.75, 3.05) is 13.3 Å². The second-order valence-electron chi connectivity index (χ2n) is 12.1. The van der Waals surface area contributed by atoms with Crippen LogP contribution in [0.2, 0.25) is 0 Å². The van der Waals surface area contributed by atoms with Crippen molar-refractivity contribution < 1.29 is 50.5 Å². The number of halogens is 3. The zero-order valence-electron chi connectivity index (χ0n) is 26.7. The Morgan fingerprint density at radius 3 is 2.15 bits per heavy atom. The van der Waals surface area contributed by atoms with Crippen LogP contribution < -0.4 is 4.72 Å². The number of benzene rings is 2. The number of sulfonamides is 1. The highest BCUT2D eigenvalue weighted by Crippen LogP contribution is 2.33. The topological polar surface area (TPSA) is 167 Å². The van der Waals surface area contributed by atoms with Crippen LogP contribution in [0.4, 0.5) is 18.0 Å². The Bertz CT molecular complexity index is 1710. The number of alkyl halides is 3. The van der Waals surface area contributed by atoms with Gasteiger partial charge < -0.3 is 19.5 Å². The molecule has 0 saturated carbocycles. The van der Waals surface area contributed by atoms with E-state index in [0.29, 0.717) is 5.56 Å². The predicted octanol–water partition coefficient (Wildman–Crippen LogP) is 5.49. The number of amides is 1. The minimum Gasteiger partial charge on any atom is -0.569 e. The largest absolute Gasteiger partial charge is 0.569 e. The van der Waals surface area contributed by atoms with Crippen LogP contribution in [0.3, 0.4) is 0 Å². The second kappa shape index (κ2) is 13.9. The number of ether oxygens (including phenoxy) is 2. The second-order valence-corrected chi connectivity index (χ2v) is 13.8. The molecule has 3 aromatic rings. The van der Waals surface area contributed by atoms with E-state index in [1.54, 1.807) is 45.0 Å². The van der Waals surface area contributed by atoms with E-state index < -0.39 is 58.4 Å². The van der Waals surface area contributed by atoms with Crippen molar-refractivity contribution in [3.05, 3.63) is 71.1 Å². The molecule has 1 N–H and O–H groups in total. The van der Waals surface area contributed by atoms with Crippen LogP contribution in [0, 0.1) is 12.1 Å². The van der Waals surface area contributed by atoms with Gasteiger partial charge in [-0.3, -0.25) is 4.79 Å². The van der Waals surface area contributed by atoms with E-state index >= 15 is 0 Å². The Morgan fingerprint density at radius 2 is 1.62 bits per heavy atom. The van der Waals surface area contributed by atoms with E-state index in [2.05, 4.69) is 20.0 Å². The number of rotatable bonds is 10. The number of aryl methyl sites for hydroxylation is 1. The molecule has 0 bridgehead atoms. The molecule has 1 heterocycles. The smallest absolute Gasteiger partial charge is 0.511 e. The van der Waals surface area contributed by atoms with Gasteiger partial charge in [-0.2, -0.15) is 18.3 Å². The summed E-state index contributed by atoms with van der Waals surface area (Å²) in [6.45, 7) is 9.69. The summed E-state index contributed by atoms with van der Waals surface area (Å²) in [4.78, 5) is 28.5. The minimum absolute atomic E-state index is 0.107. The minimum atomic E-state index is -4.73. The molecule has 0 spiro atoms. The normalized spacial score (nSPS) is 12.8. The highest BCUT2D eigenvalue weighted by Gasteiger charge is 2.36. The van der Waals surface area contributed by atoms with Crippen LogP contribution in [0.1, 0.15) is 52.8 Å². The Labute approximate surface area is 269 Å². The lowest BCUT2D eigenvalue weighted by atomic mass is 10.1. The number of aromatic nitrogens is 2. The number of hydrazine groups is 1.